The Labute approximate surface area is 115 Å². The molecular formula is C9H9NS5. The summed E-state index contributed by atoms with van der Waals surface area (Å²) >= 11 is 22.0. The number of rotatable bonds is 0. The molecule has 0 aliphatic heterocycles. The molecule has 0 aliphatic carbocycles. The van der Waals surface area contributed by atoms with Gasteiger partial charge < -0.3 is 4.98 Å². The highest BCUT2D eigenvalue weighted by Crippen LogP contribution is 2.41. The van der Waals surface area contributed by atoms with Crippen molar-refractivity contribution in [2.45, 2.75) is 31.5 Å². The summed E-state index contributed by atoms with van der Waals surface area (Å²) in [6.07, 6.45) is 0. The van der Waals surface area contributed by atoms with Gasteiger partial charge in [0.25, 0.3) is 0 Å². The highest BCUT2D eigenvalue weighted by molar-refractivity contribution is 7.85. The first kappa shape index (κ1) is 12.0. The zero-order chi connectivity index (χ0) is 11.3. The fourth-order valence-corrected chi connectivity index (χ4v) is 3.05. The molecular weight excluding hydrogens is 282 g/mol. The zero-order valence-electron chi connectivity index (χ0n) is 7.74. The first-order chi connectivity index (χ1) is 6.95. The molecule has 0 aliphatic rings. The van der Waals surface area contributed by atoms with Gasteiger partial charge in [-0.05, 0) is 12.5 Å². The summed E-state index contributed by atoms with van der Waals surface area (Å²) in [7, 11) is 0. The quantitative estimate of drug-likeness (QED) is 0.395. The Bertz CT molecular complexity index is 558. The summed E-state index contributed by atoms with van der Waals surface area (Å²) in [5, 5.41) is 1.64. The predicted molar refractivity (Wildman–Crippen MR) is 79.3 cm³/mol. The highest BCUT2D eigenvalue weighted by Gasteiger charge is 2.16. The van der Waals surface area contributed by atoms with E-state index in [1.165, 1.54) is 0 Å². The number of benzene rings is 1. The molecule has 2 aromatic rings. The van der Waals surface area contributed by atoms with Crippen LogP contribution in [0.3, 0.4) is 0 Å². The van der Waals surface area contributed by atoms with Crippen molar-refractivity contribution >= 4 is 74.0 Å². The summed E-state index contributed by atoms with van der Waals surface area (Å²) in [6.45, 7) is 1.96. The maximum absolute atomic E-state index is 4.46. The van der Waals surface area contributed by atoms with E-state index in [0.29, 0.717) is 0 Å². The van der Waals surface area contributed by atoms with Crippen LogP contribution in [0, 0.1) is 6.92 Å². The summed E-state index contributed by atoms with van der Waals surface area (Å²) in [5.74, 6) is 0. The number of H-pyrrole nitrogens is 1. The fourth-order valence-electron chi connectivity index (χ4n) is 1.48. The van der Waals surface area contributed by atoms with Crippen LogP contribution in [0.4, 0.5) is 0 Å². The average molecular weight is 292 g/mol. The molecule has 0 amide bonds. The molecule has 0 saturated carbocycles. The molecule has 0 unspecified atom stereocenters. The first-order valence-electron chi connectivity index (χ1n) is 4.12. The summed E-state index contributed by atoms with van der Waals surface area (Å²) in [6, 6.07) is 0. The predicted octanol–water partition coefficient (Wildman–Crippen LogP) is 3.92. The van der Waals surface area contributed by atoms with Crippen molar-refractivity contribution in [2.75, 3.05) is 0 Å². The molecule has 0 spiro atoms. The van der Waals surface area contributed by atoms with Gasteiger partial charge >= 0.3 is 0 Å². The van der Waals surface area contributed by atoms with Crippen LogP contribution >= 0.6 is 63.1 Å². The Kier molecular flexibility index (Phi) is 3.25. The largest absolute Gasteiger partial charge is 0.348 e. The minimum atomic E-state index is 0.720. The second kappa shape index (κ2) is 4.07. The number of hydrogen-bond donors (Lipinski definition) is 6. The number of thiol groups is 5. The van der Waals surface area contributed by atoms with Gasteiger partial charge in [-0.2, -0.15) is 0 Å². The fraction of sp³-hybridized carbons (Fsp3) is 0.111. The molecule has 0 bridgehead atoms. The van der Waals surface area contributed by atoms with Crippen LogP contribution in [-0.4, -0.2) is 4.98 Å². The number of nitrogens with one attached hydrogen (secondary N) is 1. The summed E-state index contributed by atoms with van der Waals surface area (Å²) in [5.41, 5.74) is 1.91. The lowest BCUT2D eigenvalue weighted by Crippen LogP contribution is -1.85. The van der Waals surface area contributed by atoms with Crippen molar-refractivity contribution < 1.29 is 0 Å². The standard InChI is InChI=1S/C9H9NS5/c1-2-5(11)4-3(7(13)6(2)12)8(14)9(15)10-4/h10-15H,1H3. The Morgan fingerprint density at radius 2 is 1.40 bits per heavy atom. The van der Waals surface area contributed by atoms with E-state index in [1.807, 2.05) is 6.92 Å². The van der Waals surface area contributed by atoms with Crippen molar-refractivity contribution in [3.63, 3.8) is 0 Å². The minimum Gasteiger partial charge on any atom is -0.348 e. The van der Waals surface area contributed by atoms with Gasteiger partial charge in [-0.15, -0.1) is 63.1 Å². The van der Waals surface area contributed by atoms with Gasteiger partial charge in [-0.25, -0.2) is 0 Å². The Morgan fingerprint density at radius 3 is 2.00 bits per heavy atom. The second-order valence-corrected chi connectivity index (χ2v) is 5.48. The van der Waals surface area contributed by atoms with Gasteiger partial charge in [0.2, 0.25) is 0 Å². The number of fused-ring (bicyclic) bond motifs is 1. The Morgan fingerprint density at radius 1 is 0.800 bits per heavy atom. The van der Waals surface area contributed by atoms with Crippen LogP contribution in [0.25, 0.3) is 10.9 Å². The number of hydrogen-bond acceptors (Lipinski definition) is 5. The zero-order valence-corrected chi connectivity index (χ0v) is 12.2. The SMILES string of the molecule is Cc1c(S)c(S)c2c(S)c(S)[nH]c2c1S. The molecule has 2 rings (SSSR count). The van der Waals surface area contributed by atoms with Crippen LogP contribution in [0.15, 0.2) is 24.6 Å². The normalized spacial score (nSPS) is 11.3. The monoisotopic (exact) mass is 291 g/mol. The van der Waals surface area contributed by atoms with Gasteiger partial charge in [0.05, 0.1) is 10.5 Å². The van der Waals surface area contributed by atoms with Crippen LogP contribution < -0.4 is 0 Å². The number of aromatic amines is 1. The molecule has 1 heterocycles. The molecule has 6 heteroatoms. The topological polar surface area (TPSA) is 15.8 Å². The number of aromatic nitrogens is 1. The molecule has 1 N–H and O–H groups in total. The van der Waals surface area contributed by atoms with Gasteiger partial charge in [0.15, 0.2) is 0 Å². The van der Waals surface area contributed by atoms with Crippen molar-refractivity contribution in [2.24, 2.45) is 0 Å². The lowest BCUT2D eigenvalue weighted by atomic mass is 10.2. The average Bonchev–Trinajstić information content (AvgIpc) is 2.50. The second-order valence-electron chi connectivity index (χ2n) is 3.24. The molecule has 0 atom stereocenters. The van der Waals surface area contributed by atoms with Crippen molar-refractivity contribution in [1.82, 2.24) is 4.98 Å². The Balaban J connectivity index is 3.07. The molecule has 1 aromatic heterocycles. The lowest BCUT2D eigenvalue weighted by molar-refractivity contribution is 1.14. The third-order valence-corrected chi connectivity index (χ3v) is 5.06. The van der Waals surface area contributed by atoms with Crippen molar-refractivity contribution in [1.29, 1.82) is 0 Å². The highest BCUT2D eigenvalue weighted by atomic mass is 32.1. The van der Waals surface area contributed by atoms with Gasteiger partial charge in [0.1, 0.15) is 0 Å². The molecule has 80 valence electrons. The van der Waals surface area contributed by atoms with E-state index < -0.39 is 0 Å². The molecule has 0 saturated heterocycles. The summed E-state index contributed by atoms with van der Waals surface area (Å²) < 4.78 is 0. The maximum Gasteiger partial charge on any atom is 0.0838 e. The maximum atomic E-state index is 4.46. The Hall–Kier alpha value is 0.510. The van der Waals surface area contributed by atoms with Crippen LogP contribution in [0.5, 0.6) is 0 Å². The first-order valence-corrected chi connectivity index (χ1v) is 6.35. The third-order valence-electron chi connectivity index (χ3n) is 2.36. The van der Waals surface area contributed by atoms with E-state index in [9.17, 15) is 0 Å². The van der Waals surface area contributed by atoms with E-state index in [1.54, 1.807) is 0 Å². The van der Waals surface area contributed by atoms with Crippen LogP contribution in [0.2, 0.25) is 0 Å². The molecule has 1 aromatic carbocycles. The van der Waals surface area contributed by atoms with Crippen molar-refractivity contribution in [3.8, 4) is 0 Å². The lowest BCUT2D eigenvalue weighted by Gasteiger charge is -2.08. The molecule has 15 heavy (non-hydrogen) atoms. The third kappa shape index (κ3) is 1.70. The van der Waals surface area contributed by atoms with E-state index in [2.05, 4.69) is 68.1 Å². The smallest absolute Gasteiger partial charge is 0.0838 e. The molecule has 0 radical (unpaired) electrons. The van der Waals surface area contributed by atoms with Gasteiger partial charge in [0, 0.05) is 25.0 Å². The minimum absolute atomic E-state index is 0.720. The summed E-state index contributed by atoms with van der Waals surface area (Å²) in [4.78, 5) is 6.42. The van der Waals surface area contributed by atoms with E-state index in [4.69, 9.17) is 0 Å². The van der Waals surface area contributed by atoms with Gasteiger partial charge in [-0.1, -0.05) is 0 Å². The van der Waals surface area contributed by atoms with Gasteiger partial charge in [-0.3, -0.25) is 0 Å². The molecule has 1 nitrogen and oxygen atoms in total. The molecule has 0 fully saturated rings. The van der Waals surface area contributed by atoms with E-state index >= 15 is 0 Å². The van der Waals surface area contributed by atoms with Crippen molar-refractivity contribution in [3.05, 3.63) is 5.56 Å². The van der Waals surface area contributed by atoms with Crippen LogP contribution in [-0.2, 0) is 0 Å². The van der Waals surface area contributed by atoms with E-state index in [-0.39, 0.29) is 0 Å². The van der Waals surface area contributed by atoms with Crippen LogP contribution in [0.1, 0.15) is 5.56 Å². The van der Waals surface area contributed by atoms with E-state index in [0.717, 1.165) is 41.1 Å².